The van der Waals surface area contributed by atoms with Crippen molar-refractivity contribution in [3.8, 4) is 0 Å². The zero-order valence-electron chi connectivity index (χ0n) is 12.9. The highest BCUT2D eigenvalue weighted by Gasteiger charge is 2.44. The lowest BCUT2D eigenvalue weighted by Gasteiger charge is -2.46. The van der Waals surface area contributed by atoms with Gasteiger partial charge in [0.1, 0.15) is 5.60 Å². The van der Waals surface area contributed by atoms with Gasteiger partial charge in [0.15, 0.2) is 0 Å². The molecule has 110 valence electrons. The van der Waals surface area contributed by atoms with Crippen LogP contribution in [0.5, 0.6) is 0 Å². The van der Waals surface area contributed by atoms with Gasteiger partial charge < -0.3 is 9.94 Å². The Morgan fingerprint density at radius 2 is 2.11 bits per heavy atom. The van der Waals surface area contributed by atoms with E-state index in [9.17, 15) is 10.0 Å². The molecular formula is C14H26N2O3. The van der Waals surface area contributed by atoms with Crippen LogP contribution in [0.4, 0.5) is 0 Å². The van der Waals surface area contributed by atoms with Gasteiger partial charge in [-0.2, -0.15) is 0 Å². The molecule has 0 aromatic heterocycles. The van der Waals surface area contributed by atoms with Crippen molar-refractivity contribution in [3.05, 3.63) is 0 Å². The smallest absolute Gasteiger partial charge is 0.303 e. The molecule has 2 atom stereocenters. The lowest BCUT2D eigenvalue weighted by Crippen LogP contribution is -2.54. The second kappa shape index (κ2) is 5.49. The number of nitrogens with zero attached hydrogens (tertiary/aromatic N) is 2. The van der Waals surface area contributed by atoms with Crippen molar-refractivity contribution in [1.29, 1.82) is 0 Å². The van der Waals surface area contributed by atoms with Gasteiger partial charge >= 0.3 is 5.97 Å². The first kappa shape index (κ1) is 16.0. The molecule has 0 radical (unpaired) electrons. The van der Waals surface area contributed by atoms with Gasteiger partial charge in [0, 0.05) is 12.8 Å². The first-order valence-electron chi connectivity index (χ1n) is 6.72. The lowest BCUT2D eigenvalue weighted by molar-refractivity contribution is -0.159. The summed E-state index contributed by atoms with van der Waals surface area (Å²) in [6.07, 6.45) is 2.47. The highest BCUT2D eigenvalue weighted by atomic mass is 16.6. The largest absolute Gasteiger partial charge is 0.460 e. The third kappa shape index (κ3) is 3.26. The highest BCUT2D eigenvalue weighted by Crippen LogP contribution is 2.39. The van der Waals surface area contributed by atoms with E-state index >= 15 is 0 Å². The van der Waals surface area contributed by atoms with Crippen LogP contribution in [0.3, 0.4) is 0 Å². The third-order valence-electron chi connectivity index (χ3n) is 4.54. The Kier molecular flexibility index (Phi) is 4.61. The van der Waals surface area contributed by atoms with Crippen molar-refractivity contribution in [2.24, 2.45) is 11.1 Å². The molecule has 2 unspecified atom stereocenters. The van der Waals surface area contributed by atoms with E-state index in [-0.39, 0.29) is 17.4 Å². The zero-order valence-corrected chi connectivity index (χ0v) is 12.9. The van der Waals surface area contributed by atoms with E-state index in [4.69, 9.17) is 4.74 Å². The summed E-state index contributed by atoms with van der Waals surface area (Å²) in [5, 5.41) is 12.8. The molecule has 0 spiro atoms. The van der Waals surface area contributed by atoms with Crippen LogP contribution in [-0.4, -0.2) is 47.0 Å². The molecule has 1 fully saturated rings. The summed E-state index contributed by atoms with van der Waals surface area (Å²) in [6, 6.07) is 0. The molecule has 0 bridgehead atoms. The topological polar surface area (TPSA) is 62.1 Å². The maximum atomic E-state index is 11.2. The lowest BCUT2D eigenvalue weighted by atomic mass is 9.70. The van der Waals surface area contributed by atoms with Crippen molar-refractivity contribution < 1.29 is 14.7 Å². The monoisotopic (exact) mass is 270 g/mol. The number of oxime groups is 1. The van der Waals surface area contributed by atoms with E-state index in [2.05, 4.69) is 17.0 Å². The fourth-order valence-corrected chi connectivity index (χ4v) is 2.83. The Balaban J connectivity index is 2.89. The van der Waals surface area contributed by atoms with Gasteiger partial charge in [0.2, 0.25) is 0 Å². The van der Waals surface area contributed by atoms with Gasteiger partial charge in [-0.15, -0.1) is 0 Å². The number of esters is 1. The second-order valence-electron chi connectivity index (χ2n) is 6.35. The van der Waals surface area contributed by atoms with Crippen molar-refractivity contribution in [1.82, 2.24) is 4.90 Å². The van der Waals surface area contributed by atoms with Gasteiger partial charge in [0.05, 0.1) is 11.3 Å². The Bertz CT molecular complexity index is 377. The van der Waals surface area contributed by atoms with Crippen molar-refractivity contribution in [2.45, 2.75) is 58.1 Å². The Morgan fingerprint density at radius 1 is 1.53 bits per heavy atom. The van der Waals surface area contributed by atoms with Gasteiger partial charge in [-0.05, 0) is 54.1 Å². The summed E-state index contributed by atoms with van der Waals surface area (Å²) in [5.41, 5.74) is 0.00134. The van der Waals surface area contributed by atoms with Crippen LogP contribution < -0.4 is 0 Å². The van der Waals surface area contributed by atoms with Crippen molar-refractivity contribution in [3.63, 3.8) is 0 Å². The van der Waals surface area contributed by atoms with E-state index in [0.717, 1.165) is 18.6 Å². The number of hydrogen-bond acceptors (Lipinski definition) is 5. The quantitative estimate of drug-likeness (QED) is 0.485. The summed E-state index contributed by atoms with van der Waals surface area (Å²) in [6.45, 7) is 7.35. The number of rotatable bonds is 3. The molecule has 19 heavy (non-hydrogen) atoms. The Labute approximate surface area is 115 Å². The Hall–Kier alpha value is -1.10. The predicted molar refractivity (Wildman–Crippen MR) is 74.5 cm³/mol. The number of carbonyl (C=O) groups excluding carboxylic acids is 1. The van der Waals surface area contributed by atoms with Crippen LogP contribution >= 0.6 is 0 Å². The van der Waals surface area contributed by atoms with E-state index < -0.39 is 5.60 Å². The minimum Gasteiger partial charge on any atom is -0.460 e. The fraction of sp³-hybridized carbons (Fsp3) is 0.857. The van der Waals surface area contributed by atoms with E-state index in [0.29, 0.717) is 6.42 Å². The Morgan fingerprint density at radius 3 is 2.53 bits per heavy atom. The van der Waals surface area contributed by atoms with Gasteiger partial charge in [-0.25, -0.2) is 0 Å². The fourth-order valence-electron chi connectivity index (χ4n) is 2.83. The van der Waals surface area contributed by atoms with Crippen LogP contribution in [0.15, 0.2) is 5.16 Å². The van der Waals surface area contributed by atoms with Crippen LogP contribution in [0.25, 0.3) is 0 Å². The zero-order chi connectivity index (χ0) is 14.8. The minimum atomic E-state index is -0.532. The summed E-state index contributed by atoms with van der Waals surface area (Å²) < 4.78 is 5.41. The molecule has 0 amide bonds. The SMILES string of the molecule is CC(=O)OC(C)(C)C1CCC(C)(N(C)C)/C(=N\O)C1. The molecule has 0 aliphatic heterocycles. The molecule has 0 aromatic carbocycles. The molecule has 5 heteroatoms. The highest BCUT2D eigenvalue weighted by molar-refractivity contribution is 5.93. The molecular weight excluding hydrogens is 244 g/mol. The summed E-state index contributed by atoms with van der Waals surface area (Å²) in [4.78, 5) is 13.3. The average Bonchev–Trinajstić information content (AvgIpc) is 2.27. The van der Waals surface area contributed by atoms with Gasteiger partial charge in [-0.3, -0.25) is 9.69 Å². The first-order valence-corrected chi connectivity index (χ1v) is 6.72. The second-order valence-corrected chi connectivity index (χ2v) is 6.35. The molecule has 5 nitrogen and oxygen atoms in total. The van der Waals surface area contributed by atoms with Crippen LogP contribution in [0.1, 0.15) is 47.0 Å². The molecule has 1 saturated carbocycles. The molecule has 1 aliphatic rings. The molecule has 0 aromatic rings. The predicted octanol–water partition coefficient (Wildman–Crippen LogP) is 2.28. The standard InChI is InChI=1S/C14H26N2O3/c1-10(17)19-13(2,3)11-7-8-14(4,16(5)6)12(9-11)15-18/h11,18H,7-9H2,1-6H3/b15-12-. The van der Waals surface area contributed by atoms with E-state index in [1.807, 2.05) is 27.9 Å². The molecule has 1 aliphatic carbocycles. The number of hydrogen-bond donors (Lipinski definition) is 1. The summed E-state index contributed by atoms with van der Waals surface area (Å²) in [7, 11) is 3.98. The first-order chi connectivity index (χ1) is 8.63. The normalized spacial score (nSPS) is 30.7. The maximum Gasteiger partial charge on any atom is 0.303 e. The van der Waals surface area contributed by atoms with Gasteiger partial charge in [-0.1, -0.05) is 5.16 Å². The molecule has 0 heterocycles. The van der Waals surface area contributed by atoms with E-state index in [1.54, 1.807) is 0 Å². The molecule has 1 N–H and O–H groups in total. The summed E-state index contributed by atoms with van der Waals surface area (Å²) in [5.74, 6) is -0.0937. The van der Waals surface area contributed by atoms with Crippen molar-refractivity contribution >= 4 is 11.7 Å². The minimum absolute atomic E-state index is 0.176. The average molecular weight is 270 g/mol. The van der Waals surface area contributed by atoms with Crippen LogP contribution in [-0.2, 0) is 9.53 Å². The number of ether oxygens (including phenoxy) is 1. The van der Waals surface area contributed by atoms with E-state index in [1.165, 1.54) is 6.92 Å². The van der Waals surface area contributed by atoms with Gasteiger partial charge in [0.25, 0.3) is 0 Å². The maximum absolute atomic E-state index is 11.2. The number of carbonyl (C=O) groups is 1. The van der Waals surface area contributed by atoms with Crippen molar-refractivity contribution in [2.75, 3.05) is 14.1 Å². The van der Waals surface area contributed by atoms with Crippen LogP contribution in [0, 0.1) is 5.92 Å². The third-order valence-corrected chi connectivity index (χ3v) is 4.54. The molecule has 1 rings (SSSR count). The molecule has 0 saturated heterocycles. The summed E-state index contributed by atoms with van der Waals surface area (Å²) >= 11 is 0. The van der Waals surface area contributed by atoms with Crippen LogP contribution in [0.2, 0.25) is 0 Å².